The molecular formula is C27H28N4O4. The van der Waals surface area contributed by atoms with E-state index < -0.39 is 4.92 Å². The molecule has 8 nitrogen and oxygen atoms in total. The fraction of sp³-hybridized carbons (Fsp3) is 0.296. The summed E-state index contributed by atoms with van der Waals surface area (Å²) in [6.07, 6.45) is 1.38. The number of likely N-dealkylation sites (tertiary alicyclic amines) is 1. The van der Waals surface area contributed by atoms with Crippen molar-refractivity contribution in [2.24, 2.45) is 0 Å². The Bertz CT molecular complexity index is 1250. The molecule has 35 heavy (non-hydrogen) atoms. The number of aromatic nitrogens is 1. The maximum absolute atomic E-state index is 13.0. The third kappa shape index (κ3) is 5.71. The van der Waals surface area contributed by atoms with Crippen LogP contribution in [0.25, 0.3) is 0 Å². The van der Waals surface area contributed by atoms with E-state index in [0.29, 0.717) is 43.6 Å². The number of hydrogen-bond donors (Lipinski definition) is 1. The van der Waals surface area contributed by atoms with E-state index in [-0.39, 0.29) is 23.4 Å². The Balaban J connectivity index is 1.42. The van der Waals surface area contributed by atoms with E-state index >= 15 is 0 Å². The minimum Gasteiger partial charge on any atom is -0.348 e. The van der Waals surface area contributed by atoms with Gasteiger partial charge in [0.1, 0.15) is 0 Å². The van der Waals surface area contributed by atoms with Crippen LogP contribution in [0.2, 0.25) is 0 Å². The first kappa shape index (κ1) is 24.1. The van der Waals surface area contributed by atoms with Gasteiger partial charge in [-0.05, 0) is 56.5 Å². The lowest BCUT2D eigenvalue weighted by atomic mass is 9.89. The van der Waals surface area contributed by atoms with Crippen molar-refractivity contribution in [3.63, 3.8) is 0 Å². The number of benzene rings is 2. The Hall–Kier alpha value is -4.07. The molecule has 180 valence electrons. The predicted molar refractivity (Wildman–Crippen MR) is 132 cm³/mol. The number of piperidine rings is 1. The highest BCUT2D eigenvalue weighted by Gasteiger charge is 2.28. The molecular weight excluding hydrogens is 444 g/mol. The number of amides is 2. The Morgan fingerprint density at radius 3 is 2.43 bits per heavy atom. The average Bonchev–Trinajstić information content (AvgIpc) is 2.87. The van der Waals surface area contributed by atoms with E-state index in [9.17, 15) is 19.7 Å². The quantitative estimate of drug-likeness (QED) is 0.418. The van der Waals surface area contributed by atoms with E-state index in [2.05, 4.69) is 5.32 Å². The molecule has 0 radical (unpaired) electrons. The van der Waals surface area contributed by atoms with Gasteiger partial charge in [-0.3, -0.25) is 24.7 Å². The number of carbonyl (C=O) groups excluding carboxylic acids is 2. The molecule has 8 heteroatoms. The second-order valence-corrected chi connectivity index (χ2v) is 8.93. The van der Waals surface area contributed by atoms with Crippen LogP contribution in [0.1, 0.15) is 62.0 Å². The topological polar surface area (TPSA) is 105 Å². The van der Waals surface area contributed by atoms with Crippen LogP contribution < -0.4 is 5.32 Å². The minimum atomic E-state index is -0.483. The van der Waals surface area contributed by atoms with Crippen LogP contribution in [-0.2, 0) is 6.54 Å². The van der Waals surface area contributed by atoms with Crippen LogP contribution in [0.5, 0.6) is 0 Å². The van der Waals surface area contributed by atoms with E-state index in [0.717, 1.165) is 22.5 Å². The van der Waals surface area contributed by atoms with Gasteiger partial charge in [-0.1, -0.05) is 29.8 Å². The maximum atomic E-state index is 13.0. The third-order valence-electron chi connectivity index (χ3n) is 6.34. The van der Waals surface area contributed by atoms with Crippen LogP contribution in [0.4, 0.5) is 5.69 Å². The Morgan fingerprint density at radius 2 is 1.77 bits per heavy atom. The second kappa shape index (κ2) is 10.5. The van der Waals surface area contributed by atoms with Crippen molar-refractivity contribution in [2.45, 2.75) is 39.2 Å². The van der Waals surface area contributed by atoms with Crippen molar-refractivity contribution in [1.29, 1.82) is 0 Å². The summed E-state index contributed by atoms with van der Waals surface area (Å²) in [7, 11) is 0. The monoisotopic (exact) mass is 472 g/mol. The zero-order valence-electron chi connectivity index (χ0n) is 19.9. The van der Waals surface area contributed by atoms with Crippen molar-refractivity contribution < 1.29 is 14.5 Å². The lowest BCUT2D eigenvalue weighted by Gasteiger charge is -2.32. The SMILES string of the molecule is Cc1cccc(CNC(=O)c2ccc(C)nc2C2CCN(C(=O)c3ccc([N+](=O)[O-])cc3)CC2)c1. The Labute approximate surface area is 204 Å². The van der Waals surface area contributed by atoms with E-state index in [1.54, 1.807) is 4.90 Å². The second-order valence-electron chi connectivity index (χ2n) is 8.93. The van der Waals surface area contributed by atoms with Gasteiger partial charge in [-0.15, -0.1) is 0 Å². The average molecular weight is 473 g/mol. The molecule has 2 amide bonds. The number of nitro groups is 1. The van der Waals surface area contributed by atoms with Gasteiger partial charge in [0.25, 0.3) is 17.5 Å². The standard InChI is InChI=1S/C27H28N4O4/c1-18-4-3-5-20(16-18)17-28-26(32)24-11-6-19(2)29-25(24)21-12-14-30(15-13-21)27(33)22-7-9-23(10-8-22)31(34)35/h3-11,16,21H,12-15,17H2,1-2H3,(H,28,32). The number of carbonyl (C=O) groups is 2. The Kier molecular flexibility index (Phi) is 7.19. The van der Waals surface area contributed by atoms with Crippen molar-refractivity contribution in [3.8, 4) is 0 Å². The normalized spacial score (nSPS) is 13.9. The van der Waals surface area contributed by atoms with Gasteiger partial charge >= 0.3 is 0 Å². The fourth-order valence-corrected chi connectivity index (χ4v) is 4.44. The maximum Gasteiger partial charge on any atom is 0.269 e. The van der Waals surface area contributed by atoms with Gasteiger partial charge < -0.3 is 10.2 Å². The largest absolute Gasteiger partial charge is 0.348 e. The summed E-state index contributed by atoms with van der Waals surface area (Å²) in [6, 6.07) is 17.4. The molecule has 3 aromatic rings. The van der Waals surface area contributed by atoms with Gasteiger partial charge in [-0.2, -0.15) is 0 Å². The van der Waals surface area contributed by atoms with E-state index in [1.165, 1.54) is 24.3 Å². The summed E-state index contributed by atoms with van der Waals surface area (Å²) in [4.78, 5) is 42.8. The summed E-state index contributed by atoms with van der Waals surface area (Å²) < 4.78 is 0. The molecule has 1 aromatic heterocycles. The molecule has 1 saturated heterocycles. The number of non-ortho nitro benzene ring substituents is 1. The molecule has 1 N–H and O–H groups in total. The van der Waals surface area contributed by atoms with Crippen LogP contribution in [0, 0.1) is 24.0 Å². The summed E-state index contributed by atoms with van der Waals surface area (Å²) in [5.41, 5.74) is 4.76. The summed E-state index contributed by atoms with van der Waals surface area (Å²) in [5.74, 6) is -0.236. The van der Waals surface area contributed by atoms with Gasteiger partial charge in [0, 0.05) is 48.9 Å². The van der Waals surface area contributed by atoms with Crippen LogP contribution in [0.15, 0.2) is 60.7 Å². The van der Waals surface area contributed by atoms with Gasteiger partial charge in [0.2, 0.25) is 0 Å². The molecule has 1 aliphatic heterocycles. The number of pyridine rings is 1. The highest BCUT2D eigenvalue weighted by molar-refractivity contribution is 5.96. The summed E-state index contributed by atoms with van der Waals surface area (Å²) >= 11 is 0. The molecule has 0 spiro atoms. The van der Waals surface area contributed by atoms with E-state index in [1.807, 2.05) is 50.2 Å². The van der Waals surface area contributed by atoms with Crippen molar-refractivity contribution >= 4 is 17.5 Å². The minimum absolute atomic E-state index is 0.0426. The summed E-state index contributed by atoms with van der Waals surface area (Å²) in [5, 5.41) is 13.9. The molecule has 0 unspecified atom stereocenters. The molecule has 1 aliphatic rings. The first-order chi connectivity index (χ1) is 16.8. The third-order valence-corrected chi connectivity index (χ3v) is 6.34. The molecule has 0 bridgehead atoms. The molecule has 2 aromatic carbocycles. The number of aryl methyl sites for hydroxylation is 2. The zero-order chi connectivity index (χ0) is 24.9. The number of nitrogens with zero attached hydrogens (tertiary/aromatic N) is 3. The molecule has 0 saturated carbocycles. The zero-order valence-corrected chi connectivity index (χ0v) is 19.9. The van der Waals surface area contributed by atoms with Gasteiger partial charge in [-0.25, -0.2) is 0 Å². The number of hydrogen-bond acceptors (Lipinski definition) is 5. The molecule has 0 atom stereocenters. The smallest absolute Gasteiger partial charge is 0.269 e. The number of nitrogens with one attached hydrogen (secondary N) is 1. The van der Waals surface area contributed by atoms with Crippen molar-refractivity contribution in [2.75, 3.05) is 13.1 Å². The van der Waals surface area contributed by atoms with Gasteiger partial charge in [0.05, 0.1) is 16.2 Å². The highest BCUT2D eigenvalue weighted by Crippen LogP contribution is 2.30. The first-order valence-corrected chi connectivity index (χ1v) is 11.7. The van der Waals surface area contributed by atoms with Gasteiger partial charge in [0.15, 0.2) is 0 Å². The fourth-order valence-electron chi connectivity index (χ4n) is 4.44. The molecule has 2 heterocycles. The van der Waals surface area contributed by atoms with Crippen molar-refractivity contribution in [3.05, 3.63) is 104 Å². The number of rotatable bonds is 6. The highest BCUT2D eigenvalue weighted by atomic mass is 16.6. The van der Waals surface area contributed by atoms with Crippen LogP contribution >= 0.6 is 0 Å². The van der Waals surface area contributed by atoms with Crippen LogP contribution in [0.3, 0.4) is 0 Å². The van der Waals surface area contributed by atoms with E-state index in [4.69, 9.17) is 4.98 Å². The lowest BCUT2D eigenvalue weighted by Crippen LogP contribution is -2.38. The van der Waals surface area contributed by atoms with Crippen molar-refractivity contribution in [1.82, 2.24) is 15.2 Å². The predicted octanol–water partition coefficient (Wildman–Crippen LogP) is 4.56. The molecule has 0 aliphatic carbocycles. The summed E-state index contributed by atoms with van der Waals surface area (Å²) in [6.45, 7) is 5.42. The Morgan fingerprint density at radius 1 is 1.06 bits per heavy atom. The lowest BCUT2D eigenvalue weighted by molar-refractivity contribution is -0.384. The molecule has 4 rings (SSSR count). The first-order valence-electron chi connectivity index (χ1n) is 11.7. The molecule has 1 fully saturated rings. The van der Waals surface area contributed by atoms with Crippen LogP contribution in [-0.4, -0.2) is 39.7 Å². The number of nitro benzene ring substituents is 1.